The van der Waals surface area contributed by atoms with Crippen LogP contribution in [-0.2, 0) is 35.2 Å². The summed E-state index contributed by atoms with van der Waals surface area (Å²) in [5.74, 6) is -7.24. The number of hydrogen-bond donors (Lipinski definition) is 12. The van der Waals surface area contributed by atoms with Crippen molar-refractivity contribution in [3.8, 4) is 23.0 Å². The van der Waals surface area contributed by atoms with E-state index in [0.29, 0.717) is 0 Å². The highest BCUT2D eigenvalue weighted by Crippen LogP contribution is 2.53. The van der Waals surface area contributed by atoms with Crippen molar-refractivity contribution in [3.05, 3.63) is 114 Å². The number of aliphatic hydroxyl groups excluding tert-OH is 7. The number of hydrogen-bond acceptors (Lipinski definition) is 20. The van der Waals surface area contributed by atoms with E-state index in [0.717, 1.165) is 12.1 Å². The first-order chi connectivity index (χ1) is 32.9. The number of ketones is 2. The summed E-state index contributed by atoms with van der Waals surface area (Å²) in [5.41, 5.74) is -6.91. The van der Waals surface area contributed by atoms with Crippen molar-refractivity contribution < 1.29 is 109 Å². The van der Waals surface area contributed by atoms with E-state index in [2.05, 4.69) is 0 Å². The normalized spacial score (nSPS) is 30.2. The number of fused-ring (bicyclic) bond motifs is 4. The number of aryl methyl sites for hydroxylation is 2. The standard InChI is InChI=1S/C48H50O22/c1-15-7-9-19-31(33(15)52)36(55)27-17(3)29(43(61)62)23(51)11-21(27)47(19,5)69-70-48(6)20-10-8-16(2)34(53)32(20)37(56)28-18(4)30(44(63)64)24(12-22(28)48)65-45-41(60)39(58)42(26(14-50)67-45)68-46-40(59)38(57)35(54)25(13-49)66-46/h7-12,25-26,35,38-42,45-46,49-54,57-60H,13-14H2,1-6H3,(H,61,62)(H,63,64). The molecule has 374 valence electrons. The van der Waals surface area contributed by atoms with Crippen molar-refractivity contribution >= 4 is 23.5 Å². The molecule has 4 aliphatic rings. The smallest absolute Gasteiger partial charge is 0.339 e. The molecule has 0 saturated carbocycles. The molecule has 12 atom stereocenters. The molecule has 0 bridgehead atoms. The topological polar surface area (TPSA) is 366 Å². The lowest BCUT2D eigenvalue weighted by atomic mass is 9.71. The molecule has 4 aromatic rings. The van der Waals surface area contributed by atoms with Crippen LogP contribution in [0.15, 0.2) is 36.4 Å². The maximum absolute atomic E-state index is 14.7. The van der Waals surface area contributed by atoms with Gasteiger partial charge in [-0.05, 0) is 75.9 Å². The van der Waals surface area contributed by atoms with Crippen molar-refractivity contribution in [3.63, 3.8) is 0 Å². The van der Waals surface area contributed by atoms with E-state index in [1.807, 2.05) is 0 Å². The molecule has 2 aliphatic heterocycles. The SMILES string of the molecule is Cc1ccc2c(c1O)C(=O)c1c(cc(O)c(C(=O)O)c1C)C2(C)OOC1(C)c2cc(OC3OC(CO)C(OC4OC(CO)C(O)C(O)C4O)C(O)C3O)c(C(=O)O)c(C)c2C(=O)c2c1ccc(C)c2O. The number of aliphatic hydroxyl groups is 7. The van der Waals surface area contributed by atoms with Crippen molar-refractivity contribution in [2.24, 2.45) is 0 Å². The quantitative estimate of drug-likeness (QED) is 0.0727. The van der Waals surface area contributed by atoms with Gasteiger partial charge in [-0.3, -0.25) is 9.59 Å². The molecular formula is C48H50O22. The third kappa shape index (κ3) is 7.50. The van der Waals surface area contributed by atoms with Gasteiger partial charge >= 0.3 is 11.9 Å². The Labute approximate surface area is 396 Å². The minimum atomic E-state index is -2.15. The second-order valence-corrected chi connectivity index (χ2v) is 18.0. The average Bonchev–Trinajstić information content (AvgIpc) is 3.30. The Kier molecular flexibility index (Phi) is 12.9. The fraction of sp³-hybridized carbons (Fsp3) is 0.417. The van der Waals surface area contributed by atoms with E-state index in [1.54, 1.807) is 0 Å². The first kappa shape index (κ1) is 50.3. The Hall–Kier alpha value is -6.12. The van der Waals surface area contributed by atoms with Gasteiger partial charge in [-0.1, -0.05) is 24.3 Å². The summed E-state index contributed by atoms with van der Waals surface area (Å²) in [6.45, 7) is 6.55. The van der Waals surface area contributed by atoms with Crippen molar-refractivity contribution in [2.75, 3.05) is 13.2 Å². The number of carbonyl (C=O) groups excluding carboxylic acids is 2. The minimum absolute atomic E-state index is 0.00616. The van der Waals surface area contributed by atoms with Gasteiger partial charge in [0, 0.05) is 33.4 Å². The maximum Gasteiger partial charge on any atom is 0.339 e. The van der Waals surface area contributed by atoms with Crippen molar-refractivity contribution in [2.45, 2.75) is 114 Å². The lowest BCUT2D eigenvalue weighted by Gasteiger charge is -2.46. The zero-order chi connectivity index (χ0) is 51.4. The third-order valence-corrected chi connectivity index (χ3v) is 13.8. The van der Waals surface area contributed by atoms with E-state index in [1.165, 1.54) is 65.8 Å². The zero-order valence-electron chi connectivity index (χ0n) is 38.1. The fourth-order valence-electron chi connectivity index (χ4n) is 9.86. The molecule has 8 rings (SSSR count). The van der Waals surface area contributed by atoms with Gasteiger partial charge in [0.05, 0.1) is 24.3 Å². The van der Waals surface area contributed by atoms with Crippen LogP contribution in [0.2, 0.25) is 0 Å². The molecule has 0 spiro atoms. The summed E-state index contributed by atoms with van der Waals surface area (Å²) in [6, 6.07) is 7.88. The molecule has 0 aromatic heterocycles. The number of carboxylic acid groups (broad SMARTS) is 2. The van der Waals surface area contributed by atoms with Gasteiger partial charge in [0.2, 0.25) is 6.29 Å². The first-order valence-corrected chi connectivity index (χ1v) is 21.7. The second-order valence-electron chi connectivity index (χ2n) is 18.0. The van der Waals surface area contributed by atoms with Gasteiger partial charge in [0.15, 0.2) is 29.1 Å². The summed E-state index contributed by atoms with van der Waals surface area (Å²) in [5, 5.41) is 129. The van der Waals surface area contributed by atoms with Crippen LogP contribution in [0.25, 0.3) is 0 Å². The lowest BCUT2D eigenvalue weighted by molar-refractivity contribution is -0.399. The highest BCUT2D eigenvalue weighted by Gasteiger charge is 2.54. The van der Waals surface area contributed by atoms with Crippen LogP contribution in [0.1, 0.15) is 111 Å². The van der Waals surface area contributed by atoms with Gasteiger partial charge in [-0.25, -0.2) is 19.4 Å². The predicted octanol–water partition coefficient (Wildman–Crippen LogP) is 0.701. The number of rotatable bonds is 11. The molecule has 0 amide bonds. The van der Waals surface area contributed by atoms with Crippen molar-refractivity contribution in [1.82, 2.24) is 0 Å². The molecule has 2 saturated heterocycles. The summed E-state index contributed by atoms with van der Waals surface area (Å²) in [7, 11) is 0. The second kappa shape index (κ2) is 17.9. The number of carboxylic acids is 2. The Balaban J connectivity index is 1.24. The zero-order valence-corrected chi connectivity index (χ0v) is 38.1. The molecule has 2 fully saturated rings. The summed E-state index contributed by atoms with van der Waals surface area (Å²) < 4.78 is 22.8. The van der Waals surface area contributed by atoms with Crippen LogP contribution in [0, 0.1) is 27.7 Å². The van der Waals surface area contributed by atoms with Crippen LogP contribution in [0.3, 0.4) is 0 Å². The molecule has 12 N–H and O–H groups in total. The van der Waals surface area contributed by atoms with Crippen LogP contribution in [-0.4, -0.2) is 159 Å². The van der Waals surface area contributed by atoms with Crippen LogP contribution < -0.4 is 4.74 Å². The number of benzene rings is 4. The molecule has 12 unspecified atom stereocenters. The molecule has 4 aromatic carbocycles. The third-order valence-electron chi connectivity index (χ3n) is 13.8. The summed E-state index contributed by atoms with van der Waals surface area (Å²) in [4.78, 5) is 67.4. The molecule has 2 heterocycles. The van der Waals surface area contributed by atoms with Gasteiger partial charge in [0.1, 0.15) is 83.0 Å². The highest BCUT2D eigenvalue weighted by molar-refractivity contribution is 6.18. The van der Waals surface area contributed by atoms with Crippen LogP contribution in [0.4, 0.5) is 0 Å². The number of aromatic carboxylic acids is 2. The van der Waals surface area contributed by atoms with E-state index in [9.17, 15) is 80.5 Å². The summed E-state index contributed by atoms with van der Waals surface area (Å²) in [6.07, 6.45) is -18.6. The number of ether oxygens (including phenoxy) is 4. The number of carbonyl (C=O) groups is 4. The number of phenols is 3. The molecule has 70 heavy (non-hydrogen) atoms. The van der Waals surface area contributed by atoms with Gasteiger partial charge in [-0.15, -0.1) is 0 Å². The predicted molar refractivity (Wildman–Crippen MR) is 233 cm³/mol. The molecule has 0 radical (unpaired) electrons. The lowest BCUT2D eigenvalue weighted by Crippen LogP contribution is -2.65. The van der Waals surface area contributed by atoms with E-state index >= 15 is 0 Å². The molecule has 2 aliphatic carbocycles. The number of aromatic hydroxyl groups is 3. The Morgan fingerprint density at radius 2 is 1.04 bits per heavy atom. The molecular weight excluding hydrogens is 929 g/mol. The Bertz CT molecular complexity index is 2860. The van der Waals surface area contributed by atoms with Gasteiger partial charge in [0.25, 0.3) is 0 Å². The highest BCUT2D eigenvalue weighted by atomic mass is 17.2. The fourth-order valence-corrected chi connectivity index (χ4v) is 9.86. The van der Waals surface area contributed by atoms with E-state index in [-0.39, 0.29) is 66.8 Å². The number of phenolic OH excluding ortho intramolecular Hbond substituents is 2. The minimum Gasteiger partial charge on any atom is -0.507 e. The van der Waals surface area contributed by atoms with E-state index in [4.69, 9.17) is 28.7 Å². The van der Waals surface area contributed by atoms with Crippen LogP contribution in [0.5, 0.6) is 23.0 Å². The van der Waals surface area contributed by atoms with E-state index < -0.39 is 143 Å². The first-order valence-electron chi connectivity index (χ1n) is 21.7. The van der Waals surface area contributed by atoms with Gasteiger partial charge < -0.3 is 80.2 Å². The average molecular weight is 979 g/mol. The van der Waals surface area contributed by atoms with Crippen molar-refractivity contribution in [1.29, 1.82) is 0 Å². The molecule has 22 heteroatoms. The molecule has 22 nitrogen and oxygen atoms in total. The monoisotopic (exact) mass is 978 g/mol. The van der Waals surface area contributed by atoms with Crippen LogP contribution >= 0.6 is 0 Å². The Morgan fingerprint density at radius 1 is 0.586 bits per heavy atom. The largest absolute Gasteiger partial charge is 0.507 e. The summed E-state index contributed by atoms with van der Waals surface area (Å²) >= 11 is 0. The van der Waals surface area contributed by atoms with Gasteiger partial charge in [-0.2, -0.15) is 0 Å². The maximum atomic E-state index is 14.7. The Morgan fingerprint density at radius 3 is 1.53 bits per heavy atom.